The number of carbonyl (C=O) groups excluding carboxylic acids is 4. The van der Waals surface area contributed by atoms with Crippen LogP contribution in [0.15, 0.2) is 97.1 Å². The second-order valence-corrected chi connectivity index (χ2v) is 12.6. The van der Waals surface area contributed by atoms with Gasteiger partial charge in [0.2, 0.25) is 11.8 Å². The molecule has 0 radical (unpaired) electrons. The number of nitrogens with one attached hydrogen (secondary N) is 1. The molecule has 6 rings (SSSR count). The van der Waals surface area contributed by atoms with E-state index in [9.17, 15) is 24.3 Å². The van der Waals surface area contributed by atoms with Crippen molar-refractivity contribution in [2.45, 2.75) is 45.1 Å². The van der Waals surface area contributed by atoms with E-state index in [1.807, 2.05) is 48.5 Å². The van der Waals surface area contributed by atoms with Crippen LogP contribution < -0.4 is 10.1 Å². The number of imide groups is 2. The number of hydrogen-bond donors (Lipinski definition) is 2. The molecule has 0 saturated carbocycles. The number of fused-ring (bicyclic) bond motifs is 1. The molecule has 4 amide bonds. The number of piperidine rings is 1. The lowest BCUT2D eigenvalue weighted by Crippen LogP contribution is -2.54. The summed E-state index contributed by atoms with van der Waals surface area (Å²) in [6.45, 7) is 4.31. The third kappa shape index (κ3) is 8.47. The van der Waals surface area contributed by atoms with Crippen LogP contribution in [0, 0.1) is 0 Å². The van der Waals surface area contributed by atoms with Crippen molar-refractivity contribution >= 4 is 34.8 Å². The molecule has 0 aromatic heterocycles. The van der Waals surface area contributed by atoms with E-state index in [2.05, 4.69) is 36.5 Å². The summed E-state index contributed by atoms with van der Waals surface area (Å²) >= 11 is 0. The largest absolute Gasteiger partial charge is 0.508 e. The molecule has 0 aliphatic carbocycles. The van der Waals surface area contributed by atoms with E-state index >= 15 is 0 Å². The van der Waals surface area contributed by atoms with Crippen molar-refractivity contribution in [3.63, 3.8) is 0 Å². The number of benzene rings is 4. The van der Waals surface area contributed by atoms with E-state index in [1.54, 1.807) is 24.3 Å². The van der Waals surface area contributed by atoms with E-state index in [0.29, 0.717) is 45.9 Å². The molecule has 1 unspecified atom stereocenters. The van der Waals surface area contributed by atoms with E-state index in [4.69, 9.17) is 14.2 Å². The Labute approximate surface area is 303 Å². The molecule has 1 fully saturated rings. The van der Waals surface area contributed by atoms with Gasteiger partial charge in [-0.2, -0.15) is 0 Å². The van der Waals surface area contributed by atoms with Crippen molar-refractivity contribution in [2.75, 3.05) is 33.0 Å². The number of rotatable bonds is 16. The van der Waals surface area contributed by atoms with Crippen molar-refractivity contribution in [2.24, 2.45) is 0 Å². The van der Waals surface area contributed by atoms with Gasteiger partial charge in [-0.3, -0.25) is 29.4 Å². The van der Waals surface area contributed by atoms with Crippen molar-refractivity contribution in [1.29, 1.82) is 0 Å². The molecule has 1 saturated heterocycles. The molecule has 52 heavy (non-hydrogen) atoms. The summed E-state index contributed by atoms with van der Waals surface area (Å²) in [5, 5.41) is 12.1. The van der Waals surface area contributed by atoms with Crippen LogP contribution in [0.4, 0.5) is 0 Å². The molecule has 2 N–H and O–H groups in total. The number of phenols is 1. The highest BCUT2D eigenvalue weighted by atomic mass is 16.5. The minimum atomic E-state index is -0.976. The van der Waals surface area contributed by atoms with Gasteiger partial charge >= 0.3 is 0 Å². The number of phenolic OH excluding ortho intramolecular Hbond substituents is 1. The maximum absolute atomic E-state index is 13.0. The quantitative estimate of drug-likeness (QED) is 0.0801. The predicted octanol–water partition coefficient (Wildman–Crippen LogP) is 6.21. The maximum Gasteiger partial charge on any atom is 0.262 e. The van der Waals surface area contributed by atoms with Gasteiger partial charge in [-0.1, -0.05) is 67.6 Å². The summed E-state index contributed by atoms with van der Waals surface area (Å²) in [4.78, 5) is 50.7. The highest BCUT2D eigenvalue weighted by Crippen LogP contribution is 2.35. The number of allylic oxidation sites excluding steroid dienone is 1. The fourth-order valence-corrected chi connectivity index (χ4v) is 6.62. The Morgan fingerprint density at radius 2 is 1.40 bits per heavy atom. The minimum absolute atomic E-state index is 0.0850. The molecule has 4 aromatic carbocycles. The Bertz CT molecular complexity index is 1940. The molecule has 0 bridgehead atoms. The zero-order chi connectivity index (χ0) is 36.5. The fraction of sp³-hybridized carbons (Fsp3) is 0.286. The van der Waals surface area contributed by atoms with Gasteiger partial charge in [0.15, 0.2) is 0 Å². The van der Waals surface area contributed by atoms with Crippen molar-refractivity contribution in [3.05, 3.63) is 130 Å². The Balaban J connectivity index is 0.910. The minimum Gasteiger partial charge on any atom is -0.508 e. The van der Waals surface area contributed by atoms with E-state index in [0.717, 1.165) is 44.9 Å². The third-order valence-corrected chi connectivity index (χ3v) is 9.20. The molecular formula is C42H42N2O8. The number of aromatic hydroxyl groups is 1. The van der Waals surface area contributed by atoms with Crippen LogP contribution in [0.1, 0.15) is 75.6 Å². The second kappa shape index (κ2) is 17.1. The van der Waals surface area contributed by atoms with Gasteiger partial charge in [-0.05, 0) is 95.5 Å². The average molecular weight is 703 g/mol. The van der Waals surface area contributed by atoms with Gasteiger partial charge in [-0.25, -0.2) is 0 Å². The Morgan fingerprint density at radius 1 is 0.750 bits per heavy atom. The van der Waals surface area contributed by atoms with Gasteiger partial charge in [0.1, 0.15) is 24.1 Å². The van der Waals surface area contributed by atoms with Crippen LogP contribution in [0.25, 0.3) is 11.1 Å². The number of aryl methyl sites for hydroxylation is 1. The van der Waals surface area contributed by atoms with Gasteiger partial charge in [-0.15, -0.1) is 0 Å². The Kier molecular flexibility index (Phi) is 11.9. The summed E-state index contributed by atoms with van der Waals surface area (Å²) in [5.41, 5.74) is 7.02. The van der Waals surface area contributed by atoms with E-state index in [1.165, 1.54) is 5.57 Å². The van der Waals surface area contributed by atoms with Crippen molar-refractivity contribution in [1.82, 2.24) is 10.2 Å². The van der Waals surface area contributed by atoms with Crippen LogP contribution >= 0.6 is 0 Å². The summed E-state index contributed by atoms with van der Waals surface area (Å²) < 4.78 is 17.3. The summed E-state index contributed by atoms with van der Waals surface area (Å²) in [5.74, 6) is -1.06. The highest BCUT2D eigenvalue weighted by Gasteiger charge is 2.44. The van der Waals surface area contributed by atoms with Gasteiger partial charge in [0.25, 0.3) is 11.8 Å². The van der Waals surface area contributed by atoms with Crippen LogP contribution in [0.3, 0.4) is 0 Å². The number of amides is 4. The molecule has 10 nitrogen and oxygen atoms in total. The Hall–Kier alpha value is -5.58. The van der Waals surface area contributed by atoms with Crippen molar-refractivity contribution in [3.8, 4) is 11.5 Å². The molecule has 4 aromatic rings. The lowest BCUT2D eigenvalue weighted by atomic mass is 9.88. The van der Waals surface area contributed by atoms with Gasteiger partial charge in [0.05, 0.1) is 30.9 Å². The monoisotopic (exact) mass is 702 g/mol. The molecule has 2 heterocycles. The van der Waals surface area contributed by atoms with Gasteiger partial charge < -0.3 is 19.3 Å². The lowest BCUT2D eigenvalue weighted by molar-refractivity contribution is -0.136. The van der Waals surface area contributed by atoms with Crippen LogP contribution in [-0.4, -0.2) is 72.7 Å². The number of hydrogen-bond acceptors (Lipinski definition) is 8. The molecule has 0 spiro atoms. The van der Waals surface area contributed by atoms with E-state index in [-0.39, 0.29) is 29.7 Å². The van der Waals surface area contributed by atoms with Crippen LogP contribution in [0.2, 0.25) is 0 Å². The van der Waals surface area contributed by atoms with Crippen molar-refractivity contribution < 1.29 is 38.5 Å². The van der Waals surface area contributed by atoms with E-state index < -0.39 is 29.7 Å². The summed E-state index contributed by atoms with van der Waals surface area (Å²) in [6.07, 6.45) is 2.42. The topological polar surface area (TPSA) is 131 Å². The molecule has 268 valence electrons. The first kappa shape index (κ1) is 36.2. The maximum atomic E-state index is 13.0. The van der Waals surface area contributed by atoms with Crippen LogP contribution in [0.5, 0.6) is 11.5 Å². The van der Waals surface area contributed by atoms with Crippen LogP contribution in [-0.2, 0) is 25.5 Å². The summed E-state index contributed by atoms with van der Waals surface area (Å²) in [7, 11) is 0. The lowest BCUT2D eigenvalue weighted by Gasteiger charge is -2.27. The first-order valence-corrected chi connectivity index (χ1v) is 17.6. The first-order chi connectivity index (χ1) is 25.3. The SMILES string of the molecule is CC/C(=C(\c1ccc(O)cc1)c1ccc(OCCOCCOCCCc2ccc3c(c2)C(=O)N(C2CCC(=O)NC2=O)C3=O)cc1)c1ccccc1. The molecule has 2 aliphatic rings. The molecule has 1 atom stereocenters. The molecule has 10 heteroatoms. The normalized spacial score (nSPS) is 16.1. The fourth-order valence-electron chi connectivity index (χ4n) is 6.62. The first-order valence-electron chi connectivity index (χ1n) is 17.6. The number of nitrogens with zero attached hydrogens (tertiary/aromatic N) is 1. The van der Waals surface area contributed by atoms with Gasteiger partial charge in [0, 0.05) is 13.0 Å². The average Bonchev–Trinajstić information content (AvgIpc) is 3.40. The standard InChI is InChI=1S/C42H42N2O8/c1-2-34(29-8-4-3-5-9-29)39(30-11-15-32(45)16-12-30)31-13-17-33(18-14-31)52-26-25-51-24-23-50-22-6-7-28-10-19-35-36(27-28)42(49)44(41(35)48)37-20-21-38(46)43-40(37)47/h3-5,8-19,27,37,45H,2,6-7,20-26H2,1H3,(H,43,46,47)/b39-34-. The smallest absolute Gasteiger partial charge is 0.262 e. The Morgan fingerprint density at radius 3 is 2.10 bits per heavy atom. The zero-order valence-electron chi connectivity index (χ0n) is 29.1. The second-order valence-electron chi connectivity index (χ2n) is 12.6. The number of carbonyl (C=O) groups is 4. The predicted molar refractivity (Wildman–Crippen MR) is 196 cm³/mol. The third-order valence-electron chi connectivity index (χ3n) is 9.20. The molecular weight excluding hydrogens is 660 g/mol. The number of ether oxygens (including phenoxy) is 3. The highest BCUT2D eigenvalue weighted by molar-refractivity contribution is 6.23. The molecule has 2 aliphatic heterocycles. The zero-order valence-corrected chi connectivity index (χ0v) is 29.1. The summed E-state index contributed by atoms with van der Waals surface area (Å²) in [6, 6.07) is 29.8.